The number of para-hydroxylation sites is 1. The van der Waals surface area contributed by atoms with E-state index in [2.05, 4.69) is 5.10 Å². The molecule has 0 saturated carbocycles. The first-order valence-electron chi connectivity index (χ1n) is 6.76. The number of hydrogen-bond acceptors (Lipinski definition) is 2. The fourth-order valence-corrected chi connectivity index (χ4v) is 2.54. The average molecular weight is 299 g/mol. The minimum absolute atomic E-state index is 0.457. The van der Waals surface area contributed by atoms with E-state index in [0.29, 0.717) is 11.4 Å². The summed E-state index contributed by atoms with van der Waals surface area (Å²) in [5, 5.41) is 15.5. The Balaban J connectivity index is 1.88. The van der Waals surface area contributed by atoms with Crippen molar-refractivity contribution in [3.05, 3.63) is 83.1 Å². The molecule has 3 nitrogen and oxygen atoms in total. The van der Waals surface area contributed by atoms with Crippen molar-refractivity contribution in [2.24, 2.45) is 0 Å². The number of benzene rings is 2. The van der Waals surface area contributed by atoms with Crippen molar-refractivity contribution < 1.29 is 5.11 Å². The predicted octanol–water partition coefficient (Wildman–Crippen LogP) is 3.80. The molecule has 4 heteroatoms. The van der Waals surface area contributed by atoms with Gasteiger partial charge in [0.15, 0.2) is 0 Å². The third-order valence-corrected chi connectivity index (χ3v) is 3.75. The normalized spacial score (nSPS) is 12.3. The molecule has 0 amide bonds. The van der Waals surface area contributed by atoms with Crippen molar-refractivity contribution >= 4 is 11.6 Å². The van der Waals surface area contributed by atoms with Gasteiger partial charge in [-0.25, -0.2) is 4.68 Å². The number of aromatic nitrogens is 2. The summed E-state index contributed by atoms with van der Waals surface area (Å²) in [6.07, 6.45) is 1.49. The highest BCUT2D eigenvalue weighted by Gasteiger charge is 2.16. The SMILES string of the molecule is OC(Cc1ccccc1Cl)c1ccnn1-c1ccccc1. The van der Waals surface area contributed by atoms with E-state index in [4.69, 9.17) is 11.6 Å². The summed E-state index contributed by atoms with van der Waals surface area (Å²) in [6, 6.07) is 19.1. The highest BCUT2D eigenvalue weighted by molar-refractivity contribution is 6.31. The molecule has 3 rings (SSSR count). The van der Waals surface area contributed by atoms with Gasteiger partial charge in [-0.05, 0) is 29.8 Å². The molecule has 0 aliphatic heterocycles. The second-order valence-corrected chi connectivity index (χ2v) is 5.22. The summed E-state index contributed by atoms with van der Waals surface area (Å²) in [7, 11) is 0. The Labute approximate surface area is 128 Å². The molecule has 0 fully saturated rings. The molecule has 21 heavy (non-hydrogen) atoms. The van der Waals surface area contributed by atoms with E-state index >= 15 is 0 Å². The first-order valence-corrected chi connectivity index (χ1v) is 7.14. The monoisotopic (exact) mass is 298 g/mol. The Hall–Kier alpha value is -2.10. The number of aliphatic hydroxyl groups excluding tert-OH is 1. The van der Waals surface area contributed by atoms with Crippen LogP contribution in [-0.4, -0.2) is 14.9 Å². The van der Waals surface area contributed by atoms with Crippen LogP contribution in [0.4, 0.5) is 0 Å². The fraction of sp³-hybridized carbons (Fsp3) is 0.118. The van der Waals surface area contributed by atoms with Gasteiger partial charge < -0.3 is 5.11 Å². The summed E-state index contributed by atoms with van der Waals surface area (Å²) >= 11 is 6.15. The lowest BCUT2D eigenvalue weighted by Gasteiger charge is -2.14. The maximum Gasteiger partial charge on any atom is 0.100 e. The molecule has 0 aliphatic carbocycles. The quantitative estimate of drug-likeness (QED) is 0.795. The lowest BCUT2D eigenvalue weighted by Crippen LogP contribution is -2.09. The molecular formula is C17H15ClN2O. The van der Waals surface area contributed by atoms with E-state index in [1.165, 1.54) is 0 Å². The van der Waals surface area contributed by atoms with E-state index < -0.39 is 6.10 Å². The maximum atomic E-state index is 10.5. The molecule has 2 aromatic carbocycles. The van der Waals surface area contributed by atoms with Crippen LogP contribution in [0.1, 0.15) is 17.4 Å². The second-order valence-electron chi connectivity index (χ2n) is 4.81. The summed E-state index contributed by atoms with van der Waals surface area (Å²) < 4.78 is 1.75. The molecule has 1 heterocycles. The van der Waals surface area contributed by atoms with E-state index in [1.54, 1.807) is 10.9 Å². The van der Waals surface area contributed by atoms with E-state index in [9.17, 15) is 5.11 Å². The number of halogens is 1. The number of aliphatic hydroxyl groups is 1. The topological polar surface area (TPSA) is 38.1 Å². The van der Waals surface area contributed by atoms with Gasteiger partial charge in [0.05, 0.1) is 11.4 Å². The minimum atomic E-state index is -0.660. The fourth-order valence-electron chi connectivity index (χ4n) is 2.33. The summed E-state index contributed by atoms with van der Waals surface area (Å²) in [6.45, 7) is 0. The zero-order valence-corrected chi connectivity index (χ0v) is 12.1. The van der Waals surface area contributed by atoms with Crippen LogP contribution >= 0.6 is 11.6 Å². The smallest absolute Gasteiger partial charge is 0.100 e. The Morgan fingerprint density at radius 3 is 2.48 bits per heavy atom. The van der Waals surface area contributed by atoms with Crippen LogP contribution in [0.25, 0.3) is 5.69 Å². The molecule has 1 atom stereocenters. The lowest BCUT2D eigenvalue weighted by molar-refractivity contribution is 0.170. The molecule has 3 aromatic rings. The van der Waals surface area contributed by atoms with Crippen molar-refractivity contribution in [3.63, 3.8) is 0 Å². The van der Waals surface area contributed by atoms with Crippen molar-refractivity contribution in [2.45, 2.75) is 12.5 Å². The summed E-state index contributed by atoms with van der Waals surface area (Å²) in [5.74, 6) is 0. The van der Waals surface area contributed by atoms with Crippen molar-refractivity contribution in [3.8, 4) is 5.69 Å². The van der Waals surface area contributed by atoms with Crippen LogP contribution in [0.5, 0.6) is 0 Å². The molecule has 0 aliphatic rings. The van der Waals surface area contributed by atoms with Crippen LogP contribution in [0.15, 0.2) is 66.9 Å². The molecule has 1 N–H and O–H groups in total. The van der Waals surface area contributed by atoms with Crippen molar-refractivity contribution in [2.75, 3.05) is 0 Å². The zero-order chi connectivity index (χ0) is 14.7. The number of rotatable bonds is 4. The van der Waals surface area contributed by atoms with Gasteiger partial charge in [-0.3, -0.25) is 0 Å². The van der Waals surface area contributed by atoms with E-state index in [1.807, 2.05) is 60.7 Å². The first kappa shape index (κ1) is 13.9. The number of nitrogens with zero attached hydrogens (tertiary/aromatic N) is 2. The van der Waals surface area contributed by atoms with Crippen LogP contribution < -0.4 is 0 Å². The predicted molar refractivity (Wildman–Crippen MR) is 83.7 cm³/mol. The standard InChI is InChI=1S/C17H15ClN2O/c18-15-9-5-4-6-13(15)12-17(21)16-10-11-19-20(16)14-7-2-1-3-8-14/h1-11,17,21H,12H2. The van der Waals surface area contributed by atoms with Crippen LogP contribution in [-0.2, 0) is 6.42 Å². The van der Waals surface area contributed by atoms with Crippen molar-refractivity contribution in [1.29, 1.82) is 0 Å². The molecule has 1 aromatic heterocycles. The Bertz CT molecular complexity index is 724. The van der Waals surface area contributed by atoms with Gasteiger partial charge in [-0.2, -0.15) is 5.10 Å². The Morgan fingerprint density at radius 2 is 1.71 bits per heavy atom. The van der Waals surface area contributed by atoms with E-state index in [-0.39, 0.29) is 0 Å². The molecule has 0 saturated heterocycles. The molecule has 106 valence electrons. The van der Waals surface area contributed by atoms with Crippen LogP contribution in [0.3, 0.4) is 0 Å². The highest BCUT2D eigenvalue weighted by Crippen LogP contribution is 2.24. The van der Waals surface area contributed by atoms with Gasteiger partial charge in [0.2, 0.25) is 0 Å². The molecular weight excluding hydrogens is 284 g/mol. The zero-order valence-electron chi connectivity index (χ0n) is 11.4. The van der Waals surface area contributed by atoms with Crippen LogP contribution in [0, 0.1) is 0 Å². The Morgan fingerprint density at radius 1 is 1.00 bits per heavy atom. The van der Waals surface area contributed by atoms with E-state index in [0.717, 1.165) is 16.9 Å². The first-order chi connectivity index (χ1) is 10.3. The van der Waals surface area contributed by atoms with Crippen molar-refractivity contribution in [1.82, 2.24) is 9.78 Å². The highest BCUT2D eigenvalue weighted by atomic mass is 35.5. The molecule has 1 unspecified atom stereocenters. The third-order valence-electron chi connectivity index (χ3n) is 3.39. The van der Waals surface area contributed by atoms with Gasteiger partial charge in [-0.1, -0.05) is 48.0 Å². The molecule has 0 bridgehead atoms. The summed E-state index contributed by atoms with van der Waals surface area (Å²) in [4.78, 5) is 0. The molecule has 0 spiro atoms. The average Bonchev–Trinajstić information content (AvgIpc) is 3.00. The van der Waals surface area contributed by atoms with Gasteiger partial charge in [0.1, 0.15) is 6.10 Å². The molecule has 0 radical (unpaired) electrons. The maximum absolute atomic E-state index is 10.5. The summed E-state index contributed by atoms with van der Waals surface area (Å²) in [5.41, 5.74) is 2.60. The van der Waals surface area contributed by atoms with Gasteiger partial charge in [-0.15, -0.1) is 0 Å². The van der Waals surface area contributed by atoms with Gasteiger partial charge >= 0.3 is 0 Å². The van der Waals surface area contributed by atoms with Crippen LogP contribution in [0.2, 0.25) is 5.02 Å². The second kappa shape index (κ2) is 6.12. The minimum Gasteiger partial charge on any atom is -0.386 e. The van der Waals surface area contributed by atoms with Gasteiger partial charge in [0.25, 0.3) is 0 Å². The number of hydrogen-bond donors (Lipinski definition) is 1. The largest absolute Gasteiger partial charge is 0.386 e. The third kappa shape index (κ3) is 2.99. The Kier molecular flexibility index (Phi) is 4.04. The van der Waals surface area contributed by atoms with Gasteiger partial charge in [0, 0.05) is 17.6 Å². The lowest BCUT2D eigenvalue weighted by atomic mass is 10.1.